The second-order valence-corrected chi connectivity index (χ2v) is 3.69. The molecule has 2 rings (SSSR count). The molecule has 1 aromatic carbocycles. The molecule has 84 valence electrons. The van der Waals surface area contributed by atoms with Crippen molar-refractivity contribution in [3.8, 4) is 5.75 Å². The number of nitrogens with zero attached hydrogens (tertiary/aromatic N) is 1. The van der Waals surface area contributed by atoms with E-state index in [1.165, 1.54) is 0 Å². The molecule has 1 heterocycles. The van der Waals surface area contributed by atoms with Crippen LogP contribution in [-0.4, -0.2) is 23.0 Å². The Kier molecular flexibility index (Phi) is 3.10. The lowest BCUT2D eigenvalue weighted by Crippen LogP contribution is -2.12. The molecule has 2 aromatic rings. The Morgan fingerprint density at radius 2 is 2.31 bits per heavy atom. The summed E-state index contributed by atoms with van der Waals surface area (Å²) < 4.78 is 5.17. The SMILES string of the molecule is COc1cccc2c(=O)[nH]c(CCCl)nc12. The number of benzene rings is 1. The molecule has 1 aromatic heterocycles. The number of aryl methyl sites for hydroxylation is 1. The van der Waals surface area contributed by atoms with E-state index in [2.05, 4.69) is 9.97 Å². The molecular weight excluding hydrogens is 228 g/mol. The number of aromatic nitrogens is 2. The van der Waals surface area contributed by atoms with Crippen LogP contribution in [0, 0.1) is 0 Å². The summed E-state index contributed by atoms with van der Waals surface area (Å²) in [4.78, 5) is 18.8. The number of aromatic amines is 1. The van der Waals surface area contributed by atoms with E-state index in [0.717, 1.165) is 0 Å². The van der Waals surface area contributed by atoms with Crippen molar-refractivity contribution in [3.05, 3.63) is 34.4 Å². The van der Waals surface area contributed by atoms with Crippen molar-refractivity contribution >= 4 is 22.5 Å². The van der Waals surface area contributed by atoms with Gasteiger partial charge >= 0.3 is 0 Å². The van der Waals surface area contributed by atoms with E-state index in [-0.39, 0.29) is 5.56 Å². The molecule has 0 amide bonds. The highest BCUT2D eigenvalue weighted by Gasteiger charge is 2.07. The van der Waals surface area contributed by atoms with Gasteiger partial charge < -0.3 is 9.72 Å². The van der Waals surface area contributed by atoms with Gasteiger partial charge in [-0.05, 0) is 12.1 Å². The maximum absolute atomic E-state index is 11.7. The van der Waals surface area contributed by atoms with E-state index in [0.29, 0.717) is 34.8 Å². The van der Waals surface area contributed by atoms with Crippen LogP contribution in [0.1, 0.15) is 5.82 Å². The summed E-state index contributed by atoms with van der Waals surface area (Å²) in [7, 11) is 1.55. The highest BCUT2D eigenvalue weighted by molar-refractivity contribution is 6.17. The van der Waals surface area contributed by atoms with Crippen molar-refractivity contribution in [1.82, 2.24) is 9.97 Å². The van der Waals surface area contributed by atoms with Gasteiger partial charge in [0.05, 0.1) is 12.5 Å². The molecule has 5 heteroatoms. The number of para-hydroxylation sites is 1. The Labute approximate surface area is 97.2 Å². The maximum atomic E-state index is 11.7. The van der Waals surface area contributed by atoms with Crippen molar-refractivity contribution in [1.29, 1.82) is 0 Å². The maximum Gasteiger partial charge on any atom is 0.258 e. The van der Waals surface area contributed by atoms with Crippen LogP contribution >= 0.6 is 11.6 Å². The normalized spacial score (nSPS) is 10.6. The Morgan fingerprint density at radius 1 is 1.50 bits per heavy atom. The molecule has 0 saturated heterocycles. The Hall–Kier alpha value is -1.55. The Bertz CT molecular complexity index is 565. The van der Waals surface area contributed by atoms with Crippen LogP contribution in [0.5, 0.6) is 5.75 Å². The quantitative estimate of drug-likeness (QED) is 0.829. The van der Waals surface area contributed by atoms with E-state index in [1.54, 1.807) is 25.3 Å². The largest absolute Gasteiger partial charge is 0.494 e. The van der Waals surface area contributed by atoms with E-state index >= 15 is 0 Å². The molecule has 0 aliphatic rings. The molecular formula is C11H11ClN2O2. The van der Waals surface area contributed by atoms with Gasteiger partial charge in [-0.2, -0.15) is 0 Å². The monoisotopic (exact) mass is 238 g/mol. The number of fused-ring (bicyclic) bond motifs is 1. The lowest BCUT2D eigenvalue weighted by Gasteiger charge is -2.05. The van der Waals surface area contributed by atoms with E-state index in [9.17, 15) is 4.79 Å². The van der Waals surface area contributed by atoms with Crippen LogP contribution in [0.2, 0.25) is 0 Å². The molecule has 0 radical (unpaired) electrons. The topological polar surface area (TPSA) is 55.0 Å². The Morgan fingerprint density at radius 3 is 3.00 bits per heavy atom. The van der Waals surface area contributed by atoms with Gasteiger partial charge in [0, 0.05) is 12.3 Å². The van der Waals surface area contributed by atoms with Gasteiger partial charge in [0.25, 0.3) is 5.56 Å². The van der Waals surface area contributed by atoms with Crippen LogP contribution in [0.25, 0.3) is 10.9 Å². The van der Waals surface area contributed by atoms with Gasteiger partial charge in [0.2, 0.25) is 0 Å². The van der Waals surface area contributed by atoms with Gasteiger partial charge in [-0.1, -0.05) is 6.07 Å². The van der Waals surface area contributed by atoms with Gasteiger partial charge in [-0.3, -0.25) is 4.79 Å². The zero-order chi connectivity index (χ0) is 11.5. The number of halogens is 1. The minimum atomic E-state index is -0.163. The molecule has 0 aliphatic heterocycles. The smallest absolute Gasteiger partial charge is 0.258 e. The zero-order valence-electron chi connectivity index (χ0n) is 8.79. The highest BCUT2D eigenvalue weighted by atomic mass is 35.5. The summed E-state index contributed by atoms with van der Waals surface area (Å²) in [5, 5.41) is 0.526. The molecule has 0 saturated carbocycles. The molecule has 0 aliphatic carbocycles. The Balaban J connectivity index is 2.72. The lowest BCUT2D eigenvalue weighted by atomic mass is 10.2. The van der Waals surface area contributed by atoms with E-state index < -0.39 is 0 Å². The number of alkyl halides is 1. The van der Waals surface area contributed by atoms with Crippen LogP contribution in [0.3, 0.4) is 0 Å². The minimum absolute atomic E-state index is 0.163. The molecule has 0 atom stereocenters. The summed E-state index contributed by atoms with van der Waals surface area (Å²) in [6.07, 6.45) is 0.533. The van der Waals surface area contributed by atoms with Crippen LogP contribution in [0.15, 0.2) is 23.0 Å². The van der Waals surface area contributed by atoms with Crippen molar-refractivity contribution < 1.29 is 4.74 Å². The fraction of sp³-hybridized carbons (Fsp3) is 0.273. The highest BCUT2D eigenvalue weighted by Crippen LogP contribution is 2.20. The minimum Gasteiger partial charge on any atom is -0.494 e. The number of methoxy groups -OCH3 is 1. The third-order valence-electron chi connectivity index (χ3n) is 2.30. The predicted octanol–water partition coefficient (Wildman–Crippen LogP) is 1.71. The van der Waals surface area contributed by atoms with Crippen molar-refractivity contribution in [2.45, 2.75) is 6.42 Å². The number of H-pyrrole nitrogens is 1. The number of nitrogens with one attached hydrogen (secondary N) is 1. The first kappa shape index (κ1) is 11.0. The van der Waals surface area contributed by atoms with Crippen molar-refractivity contribution in [3.63, 3.8) is 0 Å². The standard InChI is InChI=1S/C11H11ClN2O2/c1-16-8-4-2-3-7-10(8)13-9(5-6-12)14-11(7)15/h2-4H,5-6H2,1H3,(H,13,14,15). The zero-order valence-corrected chi connectivity index (χ0v) is 9.54. The number of hydrogen-bond acceptors (Lipinski definition) is 3. The molecule has 16 heavy (non-hydrogen) atoms. The third kappa shape index (κ3) is 1.88. The number of hydrogen-bond donors (Lipinski definition) is 1. The fourth-order valence-electron chi connectivity index (χ4n) is 1.55. The van der Waals surface area contributed by atoms with E-state index in [1.807, 2.05) is 0 Å². The molecule has 0 bridgehead atoms. The van der Waals surface area contributed by atoms with Gasteiger partial charge in [-0.25, -0.2) is 4.98 Å². The fourth-order valence-corrected chi connectivity index (χ4v) is 1.73. The number of rotatable bonds is 3. The van der Waals surface area contributed by atoms with Gasteiger partial charge in [0.15, 0.2) is 0 Å². The lowest BCUT2D eigenvalue weighted by molar-refractivity contribution is 0.418. The second kappa shape index (κ2) is 4.53. The summed E-state index contributed by atoms with van der Waals surface area (Å²) in [5.41, 5.74) is 0.415. The predicted molar refractivity (Wildman–Crippen MR) is 63.3 cm³/mol. The van der Waals surface area contributed by atoms with Crippen LogP contribution < -0.4 is 10.3 Å². The third-order valence-corrected chi connectivity index (χ3v) is 2.49. The van der Waals surface area contributed by atoms with Gasteiger partial charge in [0.1, 0.15) is 17.1 Å². The summed E-state index contributed by atoms with van der Waals surface area (Å²) in [6, 6.07) is 5.26. The molecule has 4 nitrogen and oxygen atoms in total. The molecule has 0 unspecified atom stereocenters. The molecule has 0 fully saturated rings. The van der Waals surface area contributed by atoms with Crippen molar-refractivity contribution in [2.24, 2.45) is 0 Å². The summed E-state index contributed by atoms with van der Waals surface area (Å²) >= 11 is 5.62. The van der Waals surface area contributed by atoms with E-state index in [4.69, 9.17) is 16.3 Å². The average molecular weight is 239 g/mol. The number of ether oxygens (including phenoxy) is 1. The first-order chi connectivity index (χ1) is 7.76. The second-order valence-electron chi connectivity index (χ2n) is 3.31. The average Bonchev–Trinajstić information content (AvgIpc) is 2.29. The van der Waals surface area contributed by atoms with Crippen LogP contribution in [0.4, 0.5) is 0 Å². The summed E-state index contributed by atoms with van der Waals surface area (Å²) in [6.45, 7) is 0. The molecule has 0 spiro atoms. The van der Waals surface area contributed by atoms with Gasteiger partial charge in [-0.15, -0.1) is 11.6 Å². The first-order valence-corrected chi connectivity index (χ1v) is 5.41. The molecule has 1 N–H and O–H groups in total. The van der Waals surface area contributed by atoms with Crippen LogP contribution in [-0.2, 0) is 6.42 Å². The van der Waals surface area contributed by atoms with Crippen molar-refractivity contribution in [2.75, 3.05) is 13.0 Å². The first-order valence-electron chi connectivity index (χ1n) is 4.88. The summed E-state index contributed by atoms with van der Waals surface area (Å²) in [5.74, 6) is 1.60.